The summed E-state index contributed by atoms with van der Waals surface area (Å²) in [6, 6.07) is 5.68. The number of nitrogens with one attached hydrogen (secondary N) is 1. The van der Waals surface area contributed by atoms with E-state index in [-0.39, 0.29) is 12.1 Å². The Morgan fingerprint density at radius 2 is 2.07 bits per heavy atom. The maximum absolute atomic E-state index is 13.1. The lowest BCUT2D eigenvalue weighted by atomic mass is 10.1. The Balaban J connectivity index is 2.70. The van der Waals surface area contributed by atoms with E-state index in [9.17, 15) is 17.9 Å². The summed E-state index contributed by atoms with van der Waals surface area (Å²) in [5.74, 6) is -0.555. The predicted molar refractivity (Wildman–Crippen MR) is 54.2 cm³/mol. The van der Waals surface area contributed by atoms with E-state index >= 15 is 0 Å². The lowest BCUT2D eigenvalue weighted by Gasteiger charge is -2.11. The van der Waals surface area contributed by atoms with Crippen LogP contribution in [0.25, 0.3) is 0 Å². The van der Waals surface area contributed by atoms with E-state index in [1.165, 1.54) is 18.2 Å². The summed E-state index contributed by atoms with van der Waals surface area (Å²) in [6.45, 7) is -0.236. The van der Waals surface area contributed by atoms with Crippen molar-refractivity contribution >= 4 is 10.0 Å². The molecule has 0 fully saturated rings. The van der Waals surface area contributed by atoms with E-state index in [1.54, 1.807) is 6.07 Å². The van der Waals surface area contributed by atoms with Crippen LogP contribution in [-0.2, 0) is 10.0 Å². The van der Waals surface area contributed by atoms with Crippen LogP contribution >= 0.6 is 0 Å². The summed E-state index contributed by atoms with van der Waals surface area (Å²) < 4.78 is 36.7. The monoisotopic (exact) mass is 233 g/mol. The molecule has 6 heteroatoms. The Morgan fingerprint density at radius 3 is 2.60 bits per heavy atom. The van der Waals surface area contributed by atoms with Crippen LogP contribution < -0.4 is 4.72 Å². The summed E-state index contributed by atoms with van der Waals surface area (Å²) in [4.78, 5) is 0. The number of aliphatic hydroxyl groups excluding tert-OH is 1. The highest BCUT2D eigenvalue weighted by Crippen LogP contribution is 2.15. The minimum atomic E-state index is -3.37. The topological polar surface area (TPSA) is 66.4 Å². The number of halogens is 1. The zero-order valence-corrected chi connectivity index (χ0v) is 8.96. The van der Waals surface area contributed by atoms with Gasteiger partial charge in [-0.05, 0) is 6.07 Å². The molecule has 0 saturated carbocycles. The smallest absolute Gasteiger partial charge is 0.208 e. The fourth-order valence-electron chi connectivity index (χ4n) is 1.09. The summed E-state index contributed by atoms with van der Waals surface area (Å²) in [7, 11) is -3.37. The molecule has 0 spiro atoms. The standard InChI is InChI=1S/C9H12FNO3S/c1-15(13,14)11-6-9(12)7-4-2-3-5-8(7)10/h2-5,9,11-12H,6H2,1H3/t9-/m0/s1. The highest BCUT2D eigenvalue weighted by atomic mass is 32.2. The zero-order chi connectivity index (χ0) is 11.5. The summed E-state index contributed by atoms with van der Waals surface area (Å²) in [5.41, 5.74) is 0.0775. The highest BCUT2D eigenvalue weighted by molar-refractivity contribution is 7.88. The second-order valence-electron chi connectivity index (χ2n) is 3.16. The number of sulfonamides is 1. The van der Waals surface area contributed by atoms with E-state index in [0.29, 0.717) is 0 Å². The first kappa shape index (κ1) is 12.1. The molecule has 1 rings (SSSR count). The molecule has 0 heterocycles. The highest BCUT2D eigenvalue weighted by Gasteiger charge is 2.13. The quantitative estimate of drug-likeness (QED) is 0.791. The van der Waals surface area contributed by atoms with Crippen molar-refractivity contribution < 1.29 is 17.9 Å². The van der Waals surface area contributed by atoms with Crippen molar-refractivity contribution in [1.82, 2.24) is 4.72 Å². The molecule has 0 aromatic heterocycles. The van der Waals surface area contributed by atoms with Gasteiger partial charge < -0.3 is 5.11 Å². The van der Waals surface area contributed by atoms with Gasteiger partial charge in [-0.15, -0.1) is 0 Å². The van der Waals surface area contributed by atoms with Crippen LogP contribution in [0, 0.1) is 5.82 Å². The Hall–Kier alpha value is -0.980. The summed E-state index contributed by atoms with van der Waals surface area (Å²) in [6.07, 6.45) is -0.206. The van der Waals surface area contributed by atoms with Gasteiger partial charge in [0.05, 0.1) is 12.4 Å². The van der Waals surface area contributed by atoms with E-state index in [1.807, 2.05) is 0 Å². The zero-order valence-electron chi connectivity index (χ0n) is 8.14. The van der Waals surface area contributed by atoms with Gasteiger partial charge in [-0.1, -0.05) is 18.2 Å². The normalized spacial score (nSPS) is 13.8. The van der Waals surface area contributed by atoms with Crippen LogP contribution in [0.2, 0.25) is 0 Å². The van der Waals surface area contributed by atoms with Crippen molar-refractivity contribution in [2.45, 2.75) is 6.10 Å². The first-order chi connectivity index (χ1) is 6.90. The molecule has 0 radical (unpaired) electrons. The first-order valence-corrected chi connectivity index (χ1v) is 6.16. The van der Waals surface area contributed by atoms with E-state index in [2.05, 4.69) is 4.72 Å². The molecule has 0 saturated heterocycles. The van der Waals surface area contributed by atoms with Gasteiger partial charge in [0.1, 0.15) is 5.82 Å². The average Bonchev–Trinajstić information content (AvgIpc) is 2.14. The Kier molecular flexibility index (Phi) is 3.78. The number of rotatable bonds is 4. The SMILES string of the molecule is CS(=O)(=O)NC[C@H](O)c1ccccc1F. The van der Waals surface area contributed by atoms with Crippen LogP contribution in [0.1, 0.15) is 11.7 Å². The summed E-state index contributed by atoms with van der Waals surface area (Å²) >= 11 is 0. The maximum atomic E-state index is 13.1. The molecule has 1 aromatic carbocycles. The van der Waals surface area contributed by atoms with Crippen LogP contribution in [0.5, 0.6) is 0 Å². The van der Waals surface area contributed by atoms with Gasteiger partial charge in [-0.3, -0.25) is 0 Å². The van der Waals surface area contributed by atoms with Crippen molar-refractivity contribution in [2.75, 3.05) is 12.8 Å². The maximum Gasteiger partial charge on any atom is 0.208 e. The van der Waals surface area contributed by atoms with Gasteiger partial charge in [0.25, 0.3) is 0 Å². The fourth-order valence-corrected chi connectivity index (χ4v) is 1.55. The van der Waals surface area contributed by atoms with Crippen molar-refractivity contribution in [3.05, 3.63) is 35.6 Å². The van der Waals surface area contributed by atoms with Gasteiger partial charge in [0, 0.05) is 12.1 Å². The minimum absolute atomic E-state index is 0.0775. The molecule has 0 aliphatic heterocycles. The molecule has 15 heavy (non-hydrogen) atoms. The molecule has 1 aromatic rings. The number of hydrogen-bond donors (Lipinski definition) is 2. The molecule has 0 aliphatic carbocycles. The van der Waals surface area contributed by atoms with Gasteiger partial charge in [-0.25, -0.2) is 17.5 Å². The fraction of sp³-hybridized carbons (Fsp3) is 0.333. The van der Waals surface area contributed by atoms with E-state index in [0.717, 1.165) is 6.26 Å². The van der Waals surface area contributed by atoms with Gasteiger partial charge in [0.2, 0.25) is 10.0 Å². The molecule has 0 amide bonds. The number of hydrogen-bond acceptors (Lipinski definition) is 3. The second kappa shape index (κ2) is 4.69. The third-order valence-corrected chi connectivity index (χ3v) is 2.49. The van der Waals surface area contributed by atoms with Gasteiger partial charge >= 0.3 is 0 Å². The third-order valence-electron chi connectivity index (χ3n) is 1.80. The van der Waals surface area contributed by atoms with Crippen molar-refractivity contribution in [2.24, 2.45) is 0 Å². The molecular weight excluding hydrogens is 221 g/mol. The molecule has 0 unspecified atom stereocenters. The van der Waals surface area contributed by atoms with Crippen molar-refractivity contribution in [3.8, 4) is 0 Å². The molecule has 4 nitrogen and oxygen atoms in total. The molecule has 84 valence electrons. The second-order valence-corrected chi connectivity index (χ2v) is 4.99. The first-order valence-electron chi connectivity index (χ1n) is 4.27. The van der Waals surface area contributed by atoms with E-state index in [4.69, 9.17) is 0 Å². The minimum Gasteiger partial charge on any atom is -0.387 e. The number of aliphatic hydroxyl groups is 1. The summed E-state index contributed by atoms with van der Waals surface area (Å²) in [5, 5.41) is 9.50. The Bertz CT molecular complexity index is 433. The molecule has 0 bridgehead atoms. The largest absolute Gasteiger partial charge is 0.387 e. The Labute approximate surface area is 87.8 Å². The lowest BCUT2D eigenvalue weighted by molar-refractivity contribution is 0.177. The van der Waals surface area contributed by atoms with Gasteiger partial charge in [-0.2, -0.15) is 0 Å². The number of benzene rings is 1. The molecule has 1 atom stereocenters. The third kappa shape index (κ3) is 3.94. The van der Waals surface area contributed by atoms with E-state index < -0.39 is 21.9 Å². The molecular formula is C9H12FNO3S. The Morgan fingerprint density at radius 1 is 1.47 bits per heavy atom. The van der Waals surface area contributed by atoms with Crippen molar-refractivity contribution in [1.29, 1.82) is 0 Å². The molecule has 0 aliphatic rings. The van der Waals surface area contributed by atoms with Crippen LogP contribution in [0.15, 0.2) is 24.3 Å². The van der Waals surface area contributed by atoms with Crippen LogP contribution in [-0.4, -0.2) is 26.3 Å². The lowest BCUT2D eigenvalue weighted by Crippen LogP contribution is -2.27. The molecule has 2 N–H and O–H groups in total. The predicted octanol–water partition coefficient (Wildman–Crippen LogP) is 0.408. The van der Waals surface area contributed by atoms with Gasteiger partial charge in [0.15, 0.2) is 0 Å². The van der Waals surface area contributed by atoms with Crippen molar-refractivity contribution in [3.63, 3.8) is 0 Å². The average molecular weight is 233 g/mol. The van der Waals surface area contributed by atoms with Crippen LogP contribution in [0.3, 0.4) is 0 Å². The van der Waals surface area contributed by atoms with Crippen LogP contribution in [0.4, 0.5) is 4.39 Å².